The highest BCUT2D eigenvalue weighted by Gasteiger charge is 2.14. The van der Waals surface area contributed by atoms with Crippen LogP contribution in [0.15, 0.2) is 36.4 Å². The second-order valence-corrected chi connectivity index (χ2v) is 4.81. The van der Waals surface area contributed by atoms with Gasteiger partial charge in [0.2, 0.25) is 0 Å². The fourth-order valence-corrected chi connectivity index (χ4v) is 2.49. The molecule has 0 bridgehead atoms. The molecule has 96 valence electrons. The molecule has 0 saturated heterocycles. The van der Waals surface area contributed by atoms with Crippen LogP contribution in [0.4, 0.5) is 0 Å². The highest BCUT2D eigenvalue weighted by molar-refractivity contribution is 5.77. The smallest absolute Gasteiger partial charge is 0.165 e. The maximum absolute atomic E-state index is 4.75. The molecule has 2 heterocycles. The number of rotatable bonds is 2. The summed E-state index contributed by atoms with van der Waals surface area (Å²) >= 11 is 0. The summed E-state index contributed by atoms with van der Waals surface area (Å²) in [6.45, 7) is 6.25. The van der Waals surface area contributed by atoms with E-state index in [1.807, 2.05) is 25.1 Å². The molecule has 0 fully saturated rings. The minimum Gasteiger partial charge on any atom is -0.281 e. The molecular weight excluding hydrogens is 234 g/mol. The van der Waals surface area contributed by atoms with Gasteiger partial charge in [-0.1, -0.05) is 25.1 Å². The third-order valence-electron chi connectivity index (χ3n) is 3.33. The molecule has 0 atom stereocenters. The maximum Gasteiger partial charge on any atom is 0.165 e. The third-order valence-corrected chi connectivity index (χ3v) is 3.33. The van der Waals surface area contributed by atoms with Crippen LogP contribution >= 0.6 is 0 Å². The van der Waals surface area contributed by atoms with Crippen LogP contribution in [0.5, 0.6) is 0 Å². The predicted molar refractivity (Wildman–Crippen MR) is 77.7 cm³/mol. The second kappa shape index (κ2) is 4.50. The highest BCUT2D eigenvalue weighted by Crippen LogP contribution is 2.23. The lowest BCUT2D eigenvalue weighted by atomic mass is 10.2. The lowest BCUT2D eigenvalue weighted by molar-refractivity contribution is 0.900. The Hall–Kier alpha value is -2.16. The van der Waals surface area contributed by atoms with Crippen LogP contribution in [0, 0.1) is 13.8 Å². The van der Waals surface area contributed by atoms with Crippen molar-refractivity contribution in [2.45, 2.75) is 27.2 Å². The summed E-state index contributed by atoms with van der Waals surface area (Å²) in [6.07, 6.45) is 0.893. The van der Waals surface area contributed by atoms with Gasteiger partial charge in [0.05, 0.1) is 0 Å². The van der Waals surface area contributed by atoms with Crippen LogP contribution in [0.1, 0.15) is 24.0 Å². The van der Waals surface area contributed by atoms with Crippen molar-refractivity contribution < 1.29 is 0 Å². The van der Waals surface area contributed by atoms with Crippen molar-refractivity contribution in [2.75, 3.05) is 0 Å². The van der Waals surface area contributed by atoms with E-state index in [0.29, 0.717) is 0 Å². The Kier molecular flexibility index (Phi) is 2.82. The summed E-state index contributed by atoms with van der Waals surface area (Å²) in [7, 11) is 0. The molecule has 2 aromatic heterocycles. The number of imidazole rings is 1. The molecule has 3 aromatic rings. The van der Waals surface area contributed by atoms with Crippen molar-refractivity contribution in [1.82, 2.24) is 14.5 Å². The largest absolute Gasteiger partial charge is 0.281 e. The van der Waals surface area contributed by atoms with E-state index < -0.39 is 0 Å². The number of aryl methyl sites for hydroxylation is 3. The Morgan fingerprint density at radius 2 is 1.79 bits per heavy atom. The van der Waals surface area contributed by atoms with Crippen molar-refractivity contribution in [3.63, 3.8) is 0 Å². The Bertz CT molecular complexity index is 727. The summed E-state index contributed by atoms with van der Waals surface area (Å²) in [6, 6.07) is 12.4. The van der Waals surface area contributed by atoms with Gasteiger partial charge in [-0.2, -0.15) is 0 Å². The summed E-state index contributed by atoms with van der Waals surface area (Å²) in [5.74, 6) is 1.06. The summed E-state index contributed by atoms with van der Waals surface area (Å²) < 4.78 is 2.16. The van der Waals surface area contributed by atoms with E-state index in [1.54, 1.807) is 0 Å². The second-order valence-electron chi connectivity index (χ2n) is 4.81. The Labute approximate surface area is 112 Å². The number of nitrogens with zero attached hydrogens (tertiary/aromatic N) is 3. The van der Waals surface area contributed by atoms with Gasteiger partial charge in [-0.15, -0.1) is 0 Å². The minimum atomic E-state index is 0.893. The molecule has 3 rings (SSSR count). The fourth-order valence-electron chi connectivity index (χ4n) is 2.49. The Balaban J connectivity index is 2.39. The lowest BCUT2D eigenvalue weighted by Gasteiger charge is -2.07. The topological polar surface area (TPSA) is 30.7 Å². The number of para-hydroxylation sites is 1. The van der Waals surface area contributed by atoms with Crippen LogP contribution in [0.3, 0.4) is 0 Å². The van der Waals surface area contributed by atoms with Gasteiger partial charge in [0.25, 0.3) is 0 Å². The number of pyridine rings is 1. The van der Waals surface area contributed by atoms with Crippen LogP contribution in [0.25, 0.3) is 16.9 Å². The predicted octanol–water partition coefficient (Wildman–Crippen LogP) is 3.60. The van der Waals surface area contributed by atoms with E-state index in [1.165, 1.54) is 5.56 Å². The number of hydrogen-bond donors (Lipinski definition) is 0. The minimum absolute atomic E-state index is 0.893. The molecule has 0 radical (unpaired) electrons. The van der Waals surface area contributed by atoms with Gasteiger partial charge in [0.1, 0.15) is 11.3 Å². The standard InChI is InChI=1S/C16H17N3/c1-4-14-18-15-11(2)10-12(3)17-16(15)19(14)13-8-6-5-7-9-13/h5-10H,4H2,1-3H3. The van der Waals surface area contributed by atoms with E-state index in [0.717, 1.165) is 34.8 Å². The molecule has 0 aliphatic heterocycles. The van der Waals surface area contributed by atoms with Gasteiger partial charge in [0.15, 0.2) is 5.65 Å². The number of hydrogen-bond acceptors (Lipinski definition) is 2. The Morgan fingerprint density at radius 3 is 2.47 bits per heavy atom. The zero-order valence-corrected chi connectivity index (χ0v) is 11.5. The van der Waals surface area contributed by atoms with Crippen LogP contribution < -0.4 is 0 Å². The van der Waals surface area contributed by atoms with Crippen molar-refractivity contribution in [3.05, 3.63) is 53.5 Å². The van der Waals surface area contributed by atoms with Crippen molar-refractivity contribution in [2.24, 2.45) is 0 Å². The summed E-state index contributed by atoms with van der Waals surface area (Å²) in [4.78, 5) is 9.43. The van der Waals surface area contributed by atoms with Crippen LogP contribution in [-0.2, 0) is 6.42 Å². The lowest BCUT2D eigenvalue weighted by Crippen LogP contribution is -2.01. The highest BCUT2D eigenvalue weighted by atomic mass is 15.1. The van der Waals surface area contributed by atoms with Crippen LogP contribution in [-0.4, -0.2) is 14.5 Å². The van der Waals surface area contributed by atoms with Crippen molar-refractivity contribution in [1.29, 1.82) is 0 Å². The van der Waals surface area contributed by atoms with Gasteiger partial charge < -0.3 is 0 Å². The van der Waals surface area contributed by atoms with E-state index in [4.69, 9.17) is 4.98 Å². The number of benzene rings is 1. The fraction of sp³-hybridized carbons (Fsp3) is 0.250. The zero-order chi connectivity index (χ0) is 13.4. The number of fused-ring (bicyclic) bond motifs is 1. The van der Waals surface area contributed by atoms with Gasteiger partial charge in [0, 0.05) is 17.8 Å². The molecule has 3 nitrogen and oxygen atoms in total. The molecule has 0 aliphatic rings. The van der Waals surface area contributed by atoms with E-state index in [9.17, 15) is 0 Å². The van der Waals surface area contributed by atoms with Gasteiger partial charge in [-0.25, -0.2) is 9.97 Å². The molecule has 19 heavy (non-hydrogen) atoms. The average molecular weight is 251 g/mol. The number of aromatic nitrogens is 3. The van der Waals surface area contributed by atoms with Gasteiger partial charge in [-0.05, 0) is 37.6 Å². The first-order chi connectivity index (χ1) is 9.20. The van der Waals surface area contributed by atoms with Crippen LogP contribution in [0.2, 0.25) is 0 Å². The van der Waals surface area contributed by atoms with Crippen molar-refractivity contribution >= 4 is 11.2 Å². The molecule has 0 amide bonds. The van der Waals surface area contributed by atoms with Gasteiger partial charge >= 0.3 is 0 Å². The third kappa shape index (κ3) is 1.91. The normalized spacial score (nSPS) is 11.1. The molecule has 0 spiro atoms. The molecule has 0 aliphatic carbocycles. The molecule has 1 aromatic carbocycles. The average Bonchev–Trinajstić information content (AvgIpc) is 2.78. The first kappa shape index (κ1) is 11.9. The van der Waals surface area contributed by atoms with Gasteiger partial charge in [-0.3, -0.25) is 4.57 Å². The van der Waals surface area contributed by atoms with E-state index >= 15 is 0 Å². The van der Waals surface area contributed by atoms with Crippen molar-refractivity contribution in [3.8, 4) is 5.69 Å². The quantitative estimate of drug-likeness (QED) is 0.696. The zero-order valence-electron chi connectivity index (χ0n) is 11.5. The van der Waals surface area contributed by atoms with E-state index in [-0.39, 0.29) is 0 Å². The molecule has 3 heteroatoms. The maximum atomic E-state index is 4.75. The molecule has 0 N–H and O–H groups in total. The monoisotopic (exact) mass is 251 g/mol. The molecular formula is C16H17N3. The van der Waals surface area contributed by atoms with E-state index in [2.05, 4.69) is 41.6 Å². The Morgan fingerprint density at radius 1 is 1.05 bits per heavy atom. The molecule has 0 unspecified atom stereocenters. The first-order valence-corrected chi connectivity index (χ1v) is 6.61. The SMILES string of the molecule is CCc1nc2c(C)cc(C)nc2n1-c1ccccc1. The molecule has 0 saturated carbocycles. The summed E-state index contributed by atoms with van der Waals surface area (Å²) in [5.41, 5.74) is 5.31. The first-order valence-electron chi connectivity index (χ1n) is 6.61. The summed E-state index contributed by atoms with van der Waals surface area (Å²) in [5, 5.41) is 0.